The molecule has 0 unspecified atom stereocenters. The van der Waals surface area contributed by atoms with Crippen molar-refractivity contribution in [3.63, 3.8) is 0 Å². The van der Waals surface area contributed by atoms with Gasteiger partial charge in [-0.25, -0.2) is 4.79 Å². The summed E-state index contributed by atoms with van der Waals surface area (Å²) in [6.07, 6.45) is 0. The van der Waals surface area contributed by atoms with E-state index in [1.165, 1.54) is 28.4 Å². The molecule has 1 aromatic carbocycles. The molecule has 100 valence electrons. The highest BCUT2D eigenvalue weighted by Crippen LogP contribution is 2.45. The molecule has 6 nitrogen and oxygen atoms in total. The molecule has 0 bridgehead atoms. The fourth-order valence-electron chi connectivity index (χ4n) is 1.83. The molecule has 0 heterocycles. The number of benzene rings is 1. The Labute approximate surface area is 106 Å². The fraction of sp³-hybridized carbons (Fsp3) is 0.417. The highest BCUT2D eigenvalue weighted by atomic mass is 16.5. The van der Waals surface area contributed by atoms with Crippen LogP contribution >= 0.6 is 0 Å². The predicted molar refractivity (Wildman–Crippen MR) is 66.6 cm³/mol. The van der Waals surface area contributed by atoms with Gasteiger partial charge in [-0.05, 0) is 6.92 Å². The van der Waals surface area contributed by atoms with Crippen LogP contribution in [0.3, 0.4) is 0 Å². The predicted octanol–water partition coefficient (Wildman–Crippen LogP) is 1.39. The Morgan fingerprint density at radius 1 is 0.944 bits per heavy atom. The second-order valence-electron chi connectivity index (χ2n) is 3.51. The van der Waals surface area contributed by atoms with Crippen LogP contribution in [0.25, 0.3) is 0 Å². The Bertz CT molecular complexity index is 470. The summed E-state index contributed by atoms with van der Waals surface area (Å²) >= 11 is 0. The third-order valence-corrected chi connectivity index (χ3v) is 2.63. The van der Waals surface area contributed by atoms with E-state index in [1.807, 2.05) is 0 Å². The molecule has 2 N–H and O–H groups in total. The van der Waals surface area contributed by atoms with E-state index in [-0.39, 0.29) is 17.0 Å². The van der Waals surface area contributed by atoms with Crippen molar-refractivity contribution in [1.29, 1.82) is 0 Å². The Kier molecular flexibility index (Phi) is 4.25. The number of rotatable bonds is 4. The van der Waals surface area contributed by atoms with Crippen molar-refractivity contribution in [2.75, 3.05) is 34.2 Å². The average Bonchev–Trinajstić information content (AvgIpc) is 2.37. The van der Waals surface area contributed by atoms with E-state index in [9.17, 15) is 4.79 Å². The van der Waals surface area contributed by atoms with Crippen molar-refractivity contribution in [1.82, 2.24) is 0 Å². The molecule has 0 amide bonds. The van der Waals surface area contributed by atoms with Crippen LogP contribution in [0.1, 0.15) is 15.9 Å². The molecular formula is C12H17NO5. The molecule has 0 aliphatic rings. The van der Waals surface area contributed by atoms with Crippen molar-refractivity contribution >= 4 is 11.7 Å². The largest absolute Gasteiger partial charge is 0.494 e. The van der Waals surface area contributed by atoms with Crippen LogP contribution in [0.4, 0.5) is 5.69 Å². The van der Waals surface area contributed by atoms with Gasteiger partial charge in [0.1, 0.15) is 11.3 Å². The van der Waals surface area contributed by atoms with Crippen molar-refractivity contribution in [3.05, 3.63) is 11.1 Å². The highest BCUT2D eigenvalue weighted by molar-refractivity contribution is 6.01. The molecule has 0 saturated heterocycles. The van der Waals surface area contributed by atoms with E-state index < -0.39 is 5.97 Å². The lowest BCUT2D eigenvalue weighted by atomic mass is 10.0. The summed E-state index contributed by atoms with van der Waals surface area (Å²) < 4.78 is 20.3. The van der Waals surface area contributed by atoms with E-state index >= 15 is 0 Å². The van der Waals surface area contributed by atoms with Crippen LogP contribution in [-0.2, 0) is 4.74 Å². The van der Waals surface area contributed by atoms with Gasteiger partial charge >= 0.3 is 5.97 Å². The van der Waals surface area contributed by atoms with Crippen LogP contribution in [0.2, 0.25) is 0 Å². The van der Waals surface area contributed by atoms with Crippen molar-refractivity contribution in [2.45, 2.75) is 6.92 Å². The molecule has 1 rings (SSSR count). The van der Waals surface area contributed by atoms with E-state index in [2.05, 4.69) is 4.74 Å². The van der Waals surface area contributed by atoms with Gasteiger partial charge in [0.15, 0.2) is 11.5 Å². The normalized spacial score (nSPS) is 9.83. The minimum atomic E-state index is -0.610. The van der Waals surface area contributed by atoms with Gasteiger partial charge in [0, 0.05) is 5.56 Å². The van der Waals surface area contributed by atoms with Crippen molar-refractivity contribution < 1.29 is 23.7 Å². The Balaban J connectivity index is 3.72. The summed E-state index contributed by atoms with van der Waals surface area (Å²) in [5.41, 5.74) is 6.83. The zero-order chi connectivity index (χ0) is 13.9. The van der Waals surface area contributed by atoms with Gasteiger partial charge in [-0.2, -0.15) is 0 Å². The topological polar surface area (TPSA) is 80.0 Å². The maximum atomic E-state index is 11.8. The van der Waals surface area contributed by atoms with E-state index in [0.717, 1.165) is 0 Å². The highest BCUT2D eigenvalue weighted by Gasteiger charge is 2.27. The maximum Gasteiger partial charge on any atom is 0.344 e. The van der Waals surface area contributed by atoms with Gasteiger partial charge < -0.3 is 24.7 Å². The second kappa shape index (κ2) is 5.48. The molecule has 0 fully saturated rings. The summed E-state index contributed by atoms with van der Waals surface area (Å²) in [4.78, 5) is 11.8. The zero-order valence-electron chi connectivity index (χ0n) is 11.1. The number of hydrogen-bond donors (Lipinski definition) is 1. The lowest BCUT2D eigenvalue weighted by Gasteiger charge is -2.19. The van der Waals surface area contributed by atoms with E-state index in [0.29, 0.717) is 17.1 Å². The van der Waals surface area contributed by atoms with Crippen LogP contribution in [0.5, 0.6) is 17.2 Å². The van der Waals surface area contributed by atoms with Crippen LogP contribution in [-0.4, -0.2) is 34.4 Å². The van der Waals surface area contributed by atoms with Crippen LogP contribution in [0.15, 0.2) is 0 Å². The lowest BCUT2D eigenvalue weighted by Crippen LogP contribution is -2.11. The van der Waals surface area contributed by atoms with Gasteiger partial charge in [-0.3, -0.25) is 0 Å². The third-order valence-electron chi connectivity index (χ3n) is 2.63. The number of carbonyl (C=O) groups excluding carboxylic acids is 1. The second-order valence-corrected chi connectivity index (χ2v) is 3.51. The quantitative estimate of drug-likeness (QED) is 0.647. The monoisotopic (exact) mass is 255 g/mol. The van der Waals surface area contributed by atoms with Gasteiger partial charge in [0.05, 0.1) is 34.1 Å². The molecule has 0 spiro atoms. The molecular weight excluding hydrogens is 238 g/mol. The summed E-state index contributed by atoms with van der Waals surface area (Å²) in [6, 6.07) is 0. The summed E-state index contributed by atoms with van der Waals surface area (Å²) in [7, 11) is 5.63. The lowest BCUT2D eigenvalue weighted by molar-refractivity contribution is 0.0597. The van der Waals surface area contributed by atoms with E-state index in [1.54, 1.807) is 6.92 Å². The first-order valence-corrected chi connectivity index (χ1v) is 5.19. The first-order valence-electron chi connectivity index (χ1n) is 5.19. The molecule has 0 aliphatic heterocycles. The number of nitrogens with two attached hydrogens (primary N) is 1. The first-order chi connectivity index (χ1) is 8.53. The number of esters is 1. The number of ether oxygens (including phenoxy) is 4. The summed E-state index contributed by atoms with van der Waals surface area (Å²) in [5, 5.41) is 0. The maximum absolute atomic E-state index is 11.8. The SMILES string of the molecule is COC(=O)c1c(N)c(OC)c(C)c(OC)c1OC. The summed E-state index contributed by atoms with van der Waals surface area (Å²) in [6.45, 7) is 1.76. The van der Waals surface area contributed by atoms with Crippen molar-refractivity contribution in [2.24, 2.45) is 0 Å². The van der Waals surface area contributed by atoms with Crippen molar-refractivity contribution in [3.8, 4) is 17.2 Å². The smallest absolute Gasteiger partial charge is 0.344 e. The molecule has 6 heteroatoms. The number of methoxy groups -OCH3 is 4. The van der Waals surface area contributed by atoms with Gasteiger partial charge in [0.2, 0.25) is 0 Å². The summed E-state index contributed by atoms with van der Waals surface area (Å²) in [5.74, 6) is 0.387. The number of carbonyl (C=O) groups is 1. The minimum Gasteiger partial charge on any atom is -0.494 e. The molecule has 0 saturated carbocycles. The zero-order valence-corrected chi connectivity index (χ0v) is 11.1. The Hall–Kier alpha value is -2.11. The molecule has 18 heavy (non-hydrogen) atoms. The Morgan fingerprint density at radius 3 is 1.83 bits per heavy atom. The third kappa shape index (κ3) is 2.01. The first kappa shape index (κ1) is 14.0. The fourth-order valence-corrected chi connectivity index (χ4v) is 1.83. The average molecular weight is 255 g/mol. The van der Waals surface area contributed by atoms with Gasteiger partial charge in [0.25, 0.3) is 0 Å². The molecule has 0 radical (unpaired) electrons. The standard InChI is InChI=1S/C12H17NO5/c1-6-9(15-2)8(13)7(12(14)18-5)11(17-4)10(6)16-3/h13H2,1-5H3. The molecule has 0 atom stereocenters. The minimum absolute atomic E-state index is 0.0966. The Morgan fingerprint density at radius 2 is 1.44 bits per heavy atom. The van der Waals surface area contributed by atoms with E-state index in [4.69, 9.17) is 19.9 Å². The van der Waals surface area contributed by atoms with Crippen LogP contribution < -0.4 is 19.9 Å². The number of nitrogen functional groups attached to an aromatic ring is 1. The van der Waals surface area contributed by atoms with Crippen LogP contribution in [0, 0.1) is 6.92 Å². The number of anilines is 1. The van der Waals surface area contributed by atoms with Gasteiger partial charge in [-0.1, -0.05) is 0 Å². The number of hydrogen-bond acceptors (Lipinski definition) is 6. The van der Waals surface area contributed by atoms with Gasteiger partial charge in [-0.15, -0.1) is 0 Å². The molecule has 1 aromatic rings. The molecule has 0 aliphatic carbocycles. The molecule has 0 aromatic heterocycles.